The number of ether oxygens (including phenoxy) is 1. The van der Waals surface area contributed by atoms with Crippen molar-refractivity contribution < 1.29 is 9.53 Å². The van der Waals surface area contributed by atoms with Crippen molar-refractivity contribution in [2.24, 2.45) is 0 Å². The Labute approximate surface area is 118 Å². The zero-order valence-corrected chi connectivity index (χ0v) is 11.7. The van der Waals surface area contributed by atoms with E-state index >= 15 is 0 Å². The zero-order chi connectivity index (χ0) is 13.0. The molecule has 2 aromatic rings. The van der Waals surface area contributed by atoms with E-state index in [2.05, 4.69) is 42.6 Å². The fraction of sp³-hybridized carbons (Fsp3) is 0.0833. The van der Waals surface area contributed by atoms with Crippen molar-refractivity contribution in [1.82, 2.24) is 9.97 Å². The van der Waals surface area contributed by atoms with Crippen LogP contribution in [0.4, 0.5) is 11.5 Å². The maximum atomic E-state index is 11.3. The monoisotopic (exact) mass is 355 g/mol. The number of hydrogen-bond acceptors (Lipinski definition) is 5. The Hall–Kier alpha value is -1.70. The summed E-state index contributed by atoms with van der Waals surface area (Å²) in [5.74, 6) is -0.00584. The van der Waals surface area contributed by atoms with E-state index in [-0.39, 0.29) is 5.69 Å². The molecule has 6 heteroatoms. The third-order valence-corrected chi connectivity index (χ3v) is 2.80. The molecule has 1 aromatic heterocycles. The Morgan fingerprint density at radius 3 is 2.94 bits per heavy atom. The highest BCUT2D eigenvalue weighted by Crippen LogP contribution is 2.16. The van der Waals surface area contributed by atoms with E-state index < -0.39 is 5.97 Å². The Morgan fingerprint density at radius 2 is 2.22 bits per heavy atom. The van der Waals surface area contributed by atoms with Gasteiger partial charge in [-0.3, -0.25) is 4.98 Å². The number of nitrogens with zero attached hydrogens (tertiary/aromatic N) is 2. The molecule has 0 saturated carbocycles. The lowest BCUT2D eigenvalue weighted by molar-refractivity contribution is 0.0593. The van der Waals surface area contributed by atoms with E-state index in [4.69, 9.17) is 0 Å². The van der Waals surface area contributed by atoms with Crippen LogP contribution in [0.3, 0.4) is 0 Å². The minimum Gasteiger partial charge on any atom is -0.464 e. The van der Waals surface area contributed by atoms with Gasteiger partial charge in [0.15, 0.2) is 5.69 Å². The number of esters is 1. The Morgan fingerprint density at radius 1 is 1.39 bits per heavy atom. The predicted molar refractivity (Wildman–Crippen MR) is 75.8 cm³/mol. The van der Waals surface area contributed by atoms with Crippen molar-refractivity contribution >= 4 is 40.1 Å². The van der Waals surface area contributed by atoms with Crippen molar-refractivity contribution in [3.05, 3.63) is 45.9 Å². The number of carbonyl (C=O) groups excluding carboxylic acids is 1. The molecule has 0 aliphatic carbocycles. The lowest BCUT2D eigenvalue weighted by Crippen LogP contribution is -2.06. The van der Waals surface area contributed by atoms with Gasteiger partial charge >= 0.3 is 5.97 Å². The summed E-state index contributed by atoms with van der Waals surface area (Å²) in [6.45, 7) is 0. The molecule has 2 rings (SSSR count). The van der Waals surface area contributed by atoms with Gasteiger partial charge in [0.25, 0.3) is 0 Å². The molecule has 0 aliphatic rings. The lowest BCUT2D eigenvalue weighted by Gasteiger charge is -2.06. The Bertz CT molecular complexity index is 575. The number of nitrogens with one attached hydrogen (secondary N) is 1. The summed E-state index contributed by atoms with van der Waals surface area (Å²) in [6.07, 6.45) is 2.91. The van der Waals surface area contributed by atoms with Gasteiger partial charge in [-0.25, -0.2) is 9.78 Å². The van der Waals surface area contributed by atoms with Crippen LogP contribution in [-0.2, 0) is 4.74 Å². The second kappa shape index (κ2) is 5.76. The third kappa shape index (κ3) is 3.16. The van der Waals surface area contributed by atoms with Gasteiger partial charge in [-0.1, -0.05) is 6.07 Å². The summed E-state index contributed by atoms with van der Waals surface area (Å²) < 4.78 is 5.70. The van der Waals surface area contributed by atoms with E-state index in [1.54, 1.807) is 6.20 Å². The Balaban J connectivity index is 2.22. The minimum atomic E-state index is -0.506. The zero-order valence-electron chi connectivity index (χ0n) is 9.55. The maximum Gasteiger partial charge on any atom is 0.358 e. The highest BCUT2D eigenvalue weighted by molar-refractivity contribution is 14.1. The summed E-state index contributed by atoms with van der Waals surface area (Å²) in [6, 6.07) is 7.80. The smallest absolute Gasteiger partial charge is 0.358 e. The topological polar surface area (TPSA) is 64.1 Å². The molecule has 0 atom stereocenters. The summed E-state index contributed by atoms with van der Waals surface area (Å²) in [5.41, 5.74) is 1.06. The second-order valence-electron chi connectivity index (χ2n) is 3.42. The van der Waals surface area contributed by atoms with Crippen LogP contribution in [0, 0.1) is 3.57 Å². The molecular formula is C12H10IN3O2. The lowest BCUT2D eigenvalue weighted by atomic mass is 10.3. The molecule has 0 bridgehead atoms. The summed E-state index contributed by atoms with van der Waals surface area (Å²) in [7, 11) is 1.31. The number of methoxy groups -OCH3 is 1. The Kier molecular flexibility index (Phi) is 4.08. The molecule has 0 fully saturated rings. The number of benzene rings is 1. The molecule has 0 aliphatic heterocycles. The number of rotatable bonds is 3. The van der Waals surface area contributed by atoms with Crippen molar-refractivity contribution in [2.75, 3.05) is 12.4 Å². The van der Waals surface area contributed by atoms with Gasteiger partial charge in [-0.05, 0) is 40.8 Å². The van der Waals surface area contributed by atoms with E-state index in [1.165, 1.54) is 13.3 Å². The molecule has 0 unspecified atom stereocenters. The largest absolute Gasteiger partial charge is 0.464 e. The van der Waals surface area contributed by atoms with Gasteiger partial charge in [0.1, 0.15) is 5.82 Å². The average molecular weight is 355 g/mol. The quantitative estimate of drug-likeness (QED) is 0.677. The number of halogens is 1. The highest BCUT2D eigenvalue weighted by atomic mass is 127. The molecule has 5 nitrogen and oxygen atoms in total. The second-order valence-corrected chi connectivity index (χ2v) is 4.66. The first-order valence-corrected chi connectivity index (χ1v) is 6.20. The summed E-state index contributed by atoms with van der Waals surface area (Å²) in [5, 5.41) is 3.08. The average Bonchev–Trinajstić information content (AvgIpc) is 2.38. The summed E-state index contributed by atoms with van der Waals surface area (Å²) >= 11 is 2.22. The van der Waals surface area contributed by atoms with E-state index in [9.17, 15) is 4.79 Å². The standard InChI is InChI=1S/C12H10IN3O2/c1-18-12(17)10-6-14-7-11(16-10)15-9-4-2-3-8(13)5-9/h2-7H,1H3,(H,15,16). The molecular weight excluding hydrogens is 345 g/mol. The molecule has 0 radical (unpaired) electrons. The van der Waals surface area contributed by atoms with Crippen LogP contribution in [0.25, 0.3) is 0 Å². The van der Waals surface area contributed by atoms with Gasteiger partial charge in [-0.2, -0.15) is 0 Å². The number of hydrogen-bond donors (Lipinski definition) is 1. The first-order chi connectivity index (χ1) is 8.69. The van der Waals surface area contributed by atoms with Crippen LogP contribution in [-0.4, -0.2) is 23.0 Å². The minimum absolute atomic E-state index is 0.174. The van der Waals surface area contributed by atoms with Crippen LogP contribution in [0.5, 0.6) is 0 Å². The van der Waals surface area contributed by atoms with Crippen LogP contribution in [0.2, 0.25) is 0 Å². The normalized spacial score (nSPS) is 9.89. The molecule has 1 heterocycles. The van der Waals surface area contributed by atoms with E-state index in [1.807, 2.05) is 24.3 Å². The molecule has 92 valence electrons. The van der Waals surface area contributed by atoms with Crippen LogP contribution in [0.15, 0.2) is 36.7 Å². The van der Waals surface area contributed by atoms with Crippen LogP contribution >= 0.6 is 22.6 Å². The molecule has 1 aromatic carbocycles. The SMILES string of the molecule is COC(=O)c1cncc(Nc2cccc(I)c2)n1. The van der Waals surface area contributed by atoms with E-state index in [0.717, 1.165) is 9.26 Å². The molecule has 18 heavy (non-hydrogen) atoms. The first kappa shape index (κ1) is 12.7. The number of anilines is 2. The van der Waals surface area contributed by atoms with Crippen molar-refractivity contribution in [3.8, 4) is 0 Å². The highest BCUT2D eigenvalue weighted by Gasteiger charge is 2.08. The van der Waals surface area contributed by atoms with Crippen LogP contribution < -0.4 is 5.32 Å². The number of carbonyl (C=O) groups is 1. The molecule has 0 amide bonds. The maximum absolute atomic E-state index is 11.3. The van der Waals surface area contributed by atoms with E-state index in [0.29, 0.717) is 5.82 Å². The van der Waals surface area contributed by atoms with Crippen molar-refractivity contribution in [3.63, 3.8) is 0 Å². The van der Waals surface area contributed by atoms with Gasteiger partial charge in [0, 0.05) is 9.26 Å². The third-order valence-electron chi connectivity index (χ3n) is 2.13. The fourth-order valence-corrected chi connectivity index (χ4v) is 1.89. The molecule has 0 spiro atoms. The molecule has 1 N–H and O–H groups in total. The van der Waals surface area contributed by atoms with Crippen molar-refractivity contribution in [2.45, 2.75) is 0 Å². The molecule has 0 saturated heterocycles. The van der Waals surface area contributed by atoms with Gasteiger partial charge in [0.05, 0.1) is 19.5 Å². The predicted octanol–water partition coefficient (Wildman–Crippen LogP) is 2.61. The van der Waals surface area contributed by atoms with Crippen molar-refractivity contribution in [1.29, 1.82) is 0 Å². The summed E-state index contributed by atoms with van der Waals surface area (Å²) in [4.78, 5) is 19.4. The van der Waals surface area contributed by atoms with Gasteiger partial charge in [0.2, 0.25) is 0 Å². The number of aromatic nitrogens is 2. The van der Waals surface area contributed by atoms with Gasteiger partial charge in [-0.15, -0.1) is 0 Å². The van der Waals surface area contributed by atoms with Gasteiger partial charge < -0.3 is 10.1 Å². The first-order valence-electron chi connectivity index (χ1n) is 5.12. The fourth-order valence-electron chi connectivity index (χ4n) is 1.34. The van der Waals surface area contributed by atoms with Crippen LogP contribution in [0.1, 0.15) is 10.5 Å².